The summed E-state index contributed by atoms with van der Waals surface area (Å²) in [6.45, 7) is 6.64. The lowest BCUT2D eigenvalue weighted by molar-refractivity contribution is -0.228. The van der Waals surface area contributed by atoms with Gasteiger partial charge in [-0.3, -0.25) is 14.5 Å². The van der Waals surface area contributed by atoms with Crippen molar-refractivity contribution in [2.75, 3.05) is 71.3 Å². The molecule has 2 aliphatic carbocycles. The number of hydrogen-bond acceptors (Lipinski definition) is 12. The molecule has 1 unspecified atom stereocenters. The Hall–Kier alpha value is -4.84. The first-order valence-electron chi connectivity index (χ1n) is 23.7. The molecule has 17 heteroatoms. The van der Waals surface area contributed by atoms with Gasteiger partial charge in [0.1, 0.15) is 11.2 Å². The standard InChI is InChI=1S/C50H62F2N6O8S/c1-8-47-15-9-17-58-19-16-48(40(47)58)34-22-35(38(63-5)23-37(34)56(4)41(48)50(62,44(61)65-7)42(47)66-27(2)59)49(43(60)64-6)24-28-20-29(46(3,51)52)26-57(25-28)18-14-32-33-21-31(12-13-36(33)55-39(32)49)54-45(67)53-30-10-11-30/h9,12-13,15,21-23,28-30,40-42,55,62H,8,10-11,14,16-20,24-26H2,1-7H3,(H2,53,54,67)/t28-,29-,40+,41-,42-,47-,48-,49+,50+/m1/s1. The second-order valence-electron chi connectivity index (χ2n) is 20.4. The van der Waals surface area contributed by atoms with Crippen LogP contribution in [0.15, 0.2) is 42.5 Å². The molecule has 360 valence electrons. The van der Waals surface area contributed by atoms with E-state index in [-0.39, 0.29) is 31.3 Å². The number of H-pyrrole nitrogens is 1. The third-order valence-corrected chi connectivity index (χ3v) is 17.1. The van der Waals surface area contributed by atoms with Crippen LogP contribution in [0.25, 0.3) is 10.9 Å². The second-order valence-corrected chi connectivity index (χ2v) is 20.8. The van der Waals surface area contributed by atoms with Crippen molar-refractivity contribution < 1.29 is 47.2 Å². The predicted molar refractivity (Wildman–Crippen MR) is 252 cm³/mol. The van der Waals surface area contributed by atoms with Crippen LogP contribution < -0.4 is 20.3 Å². The smallest absolute Gasteiger partial charge is 0.344 e. The highest BCUT2D eigenvalue weighted by Gasteiger charge is 2.80. The van der Waals surface area contributed by atoms with E-state index in [1.807, 2.05) is 61.4 Å². The molecule has 4 N–H and O–H groups in total. The molecule has 3 aromatic rings. The van der Waals surface area contributed by atoms with E-state index < -0.39 is 63.7 Å². The monoisotopic (exact) mass is 944 g/mol. The van der Waals surface area contributed by atoms with Crippen molar-refractivity contribution in [3.8, 4) is 5.75 Å². The zero-order chi connectivity index (χ0) is 47.6. The van der Waals surface area contributed by atoms with Crippen molar-refractivity contribution in [2.24, 2.45) is 17.3 Å². The van der Waals surface area contributed by atoms with Gasteiger partial charge in [-0.25, -0.2) is 13.6 Å². The number of likely N-dealkylation sites (N-methyl/N-ethyl adjacent to an activating group) is 1. The molecule has 5 aliphatic heterocycles. The maximum Gasteiger partial charge on any atom is 0.344 e. The Kier molecular flexibility index (Phi) is 11.1. The average Bonchev–Trinajstić information content (AvgIpc) is 3.82. The minimum absolute atomic E-state index is 0.113. The molecular formula is C50H62F2N6O8S. The molecule has 0 radical (unpaired) electrons. The van der Waals surface area contributed by atoms with Crippen molar-refractivity contribution in [3.05, 3.63) is 64.9 Å². The van der Waals surface area contributed by atoms with E-state index in [0.29, 0.717) is 79.3 Å². The molecule has 2 saturated heterocycles. The van der Waals surface area contributed by atoms with Crippen LogP contribution in [-0.4, -0.2) is 140 Å². The normalized spacial score (nSPS) is 34.1. The van der Waals surface area contributed by atoms with Gasteiger partial charge in [0.05, 0.1) is 27.4 Å². The van der Waals surface area contributed by atoms with Gasteiger partial charge in [-0.15, -0.1) is 0 Å². The summed E-state index contributed by atoms with van der Waals surface area (Å²) in [5.74, 6) is -6.09. The lowest BCUT2D eigenvalue weighted by Crippen LogP contribution is -2.81. The zero-order valence-corrected chi connectivity index (χ0v) is 40.1. The van der Waals surface area contributed by atoms with Gasteiger partial charge in [-0.2, -0.15) is 0 Å². The van der Waals surface area contributed by atoms with Gasteiger partial charge in [0.2, 0.25) is 11.5 Å². The number of aromatic nitrogens is 1. The highest BCUT2D eigenvalue weighted by atomic mass is 32.1. The molecule has 2 bridgehead atoms. The number of anilines is 2. The van der Waals surface area contributed by atoms with Gasteiger partial charge in [-0.05, 0) is 112 Å². The molecule has 2 aromatic carbocycles. The highest BCUT2D eigenvalue weighted by molar-refractivity contribution is 7.80. The number of esters is 3. The fourth-order valence-electron chi connectivity index (χ4n) is 14.1. The molecule has 6 heterocycles. The lowest BCUT2D eigenvalue weighted by atomic mass is 9.47. The van der Waals surface area contributed by atoms with E-state index >= 15 is 13.6 Å². The summed E-state index contributed by atoms with van der Waals surface area (Å²) in [4.78, 5) is 53.2. The van der Waals surface area contributed by atoms with Crippen LogP contribution in [-0.2, 0) is 45.8 Å². The Labute approximate surface area is 395 Å². The van der Waals surface area contributed by atoms with Crippen molar-refractivity contribution >= 4 is 57.5 Å². The van der Waals surface area contributed by atoms with Gasteiger partial charge >= 0.3 is 17.9 Å². The quantitative estimate of drug-likeness (QED) is 0.0914. The van der Waals surface area contributed by atoms with E-state index in [2.05, 4.69) is 25.4 Å². The molecule has 7 aliphatic rings. The number of methoxy groups -OCH3 is 3. The molecule has 10 atom stereocenters. The van der Waals surface area contributed by atoms with Gasteiger partial charge in [0.25, 0.3) is 0 Å². The Morgan fingerprint density at radius 3 is 2.46 bits per heavy atom. The summed E-state index contributed by atoms with van der Waals surface area (Å²) in [6.07, 6.45) is 6.47. The number of nitrogens with zero attached hydrogens (tertiary/aromatic N) is 3. The fraction of sp³-hybridized carbons (Fsp3) is 0.600. The molecule has 67 heavy (non-hydrogen) atoms. The Bertz CT molecular complexity index is 2580. The maximum atomic E-state index is 15.6. The Morgan fingerprint density at radius 1 is 1.03 bits per heavy atom. The summed E-state index contributed by atoms with van der Waals surface area (Å²) in [7, 11) is 5.94. The number of carbonyl (C=O) groups is 3. The SMILES string of the molecule is CC[C@]12C=CCN3CC[C@@]4(c5cc([C@@]6(C(=O)OC)C[C@H]7C[C@@H](C(C)(F)F)CN(CCc8c6[nH]c6ccc(NC(=S)NC9CC9)cc86)C7)c(OC)cc5N(C)[C@H]4[C@@](O)(C(=O)OC)[C@@H]1OC(C)=O)[C@@H]32. The molecule has 1 aromatic heterocycles. The van der Waals surface area contributed by atoms with Crippen LogP contribution in [0.5, 0.6) is 5.75 Å². The Balaban J connectivity index is 1.24. The number of nitrogens with one attached hydrogen (secondary N) is 3. The minimum atomic E-state index is -2.96. The number of hydrogen-bond donors (Lipinski definition) is 4. The number of aliphatic hydroxyl groups is 1. The van der Waals surface area contributed by atoms with Gasteiger partial charge in [-0.1, -0.05) is 19.1 Å². The fourth-order valence-corrected chi connectivity index (χ4v) is 14.4. The van der Waals surface area contributed by atoms with Crippen LogP contribution in [0.2, 0.25) is 0 Å². The second kappa shape index (κ2) is 16.1. The molecular weight excluding hydrogens is 883 g/mol. The van der Waals surface area contributed by atoms with Crippen molar-refractivity contribution in [3.63, 3.8) is 0 Å². The first kappa shape index (κ1) is 45.9. The van der Waals surface area contributed by atoms with E-state index in [1.165, 1.54) is 28.3 Å². The van der Waals surface area contributed by atoms with E-state index in [1.54, 1.807) is 0 Å². The largest absolute Gasteiger partial charge is 0.496 e. The topological polar surface area (TPSA) is 158 Å². The summed E-state index contributed by atoms with van der Waals surface area (Å²) >= 11 is 5.68. The highest BCUT2D eigenvalue weighted by Crippen LogP contribution is 2.68. The van der Waals surface area contributed by atoms with Gasteiger partial charge in [0.15, 0.2) is 11.2 Å². The number of piperidine rings is 1. The number of aromatic amines is 1. The van der Waals surface area contributed by atoms with Crippen molar-refractivity contribution in [1.82, 2.24) is 20.1 Å². The average molecular weight is 945 g/mol. The number of ether oxygens (including phenoxy) is 4. The molecule has 1 spiro atoms. The number of fused-ring (bicyclic) bond motifs is 6. The number of alkyl halides is 2. The van der Waals surface area contributed by atoms with Crippen molar-refractivity contribution in [2.45, 2.75) is 112 Å². The first-order chi connectivity index (χ1) is 31.9. The molecule has 10 rings (SSSR count). The van der Waals surface area contributed by atoms with E-state index in [0.717, 1.165) is 47.5 Å². The summed E-state index contributed by atoms with van der Waals surface area (Å²) < 4.78 is 55.1. The van der Waals surface area contributed by atoms with Crippen LogP contribution in [0, 0.1) is 17.3 Å². The number of thiocarbonyl (C=S) groups is 1. The summed E-state index contributed by atoms with van der Waals surface area (Å²) in [5.41, 5.74) is -1.15. The van der Waals surface area contributed by atoms with Gasteiger partial charge in [0, 0.05) is 109 Å². The number of halogens is 2. The van der Waals surface area contributed by atoms with Crippen LogP contribution in [0.4, 0.5) is 20.2 Å². The molecule has 4 fully saturated rings. The molecule has 0 amide bonds. The molecule has 2 saturated carbocycles. The van der Waals surface area contributed by atoms with E-state index in [4.69, 9.17) is 31.2 Å². The van der Waals surface area contributed by atoms with Crippen molar-refractivity contribution in [1.29, 1.82) is 0 Å². The number of rotatable bonds is 9. The first-order valence-corrected chi connectivity index (χ1v) is 24.1. The molecule has 14 nitrogen and oxygen atoms in total. The third kappa shape index (κ3) is 6.67. The number of benzene rings is 2. The van der Waals surface area contributed by atoms with E-state index in [9.17, 15) is 14.7 Å². The summed E-state index contributed by atoms with van der Waals surface area (Å²) in [5, 5.41) is 21.5. The lowest BCUT2D eigenvalue weighted by Gasteiger charge is -2.63. The Morgan fingerprint density at radius 2 is 1.79 bits per heavy atom. The summed E-state index contributed by atoms with van der Waals surface area (Å²) in [6, 6.07) is 8.78. The van der Waals surface area contributed by atoms with Crippen LogP contribution >= 0.6 is 12.2 Å². The van der Waals surface area contributed by atoms with Gasteiger partial charge < -0.3 is 49.5 Å². The zero-order valence-electron chi connectivity index (χ0n) is 39.3. The number of carbonyl (C=O) groups excluding carboxylic acids is 3. The minimum Gasteiger partial charge on any atom is -0.496 e. The predicted octanol–water partition coefficient (Wildman–Crippen LogP) is 5.57. The van der Waals surface area contributed by atoms with Crippen LogP contribution in [0.3, 0.4) is 0 Å². The maximum absolute atomic E-state index is 15.6. The van der Waals surface area contributed by atoms with Crippen LogP contribution in [0.1, 0.15) is 81.7 Å². The third-order valence-electron chi connectivity index (χ3n) is 16.8.